The van der Waals surface area contributed by atoms with Crippen LogP contribution in [0.15, 0.2) is 28.8 Å². The van der Waals surface area contributed by atoms with Crippen LogP contribution in [0.4, 0.5) is 4.79 Å². The van der Waals surface area contributed by atoms with E-state index >= 15 is 0 Å². The fourth-order valence-electron chi connectivity index (χ4n) is 7.21. The Balaban J connectivity index is 1.13. The van der Waals surface area contributed by atoms with Gasteiger partial charge in [0.25, 0.3) is 0 Å². The van der Waals surface area contributed by atoms with E-state index < -0.39 is 0 Å². The van der Waals surface area contributed by atoms with Crippen molar-refractivity contribution in [2.75, 3.05) is 20.2 Å². The Kier molecular flexibility index (Phi) is 4.88. The molecule has 1 aromatic heterocycles. The Hall–Kier alpha value is -2.57. The number of carbonyl (C=O) groups is 1. The van der Waals surface area contributed by atoms with Crippen LogP contribution >= 0.6 is 0 Å². The molecule has 4 aliphatic carbocycles. The monoisotopic (exact) mass is 436 g/mol. The molecule has 1 atom stereocenters. The lowest BCUT2D eigenvalue weighted by atomic mass is 9.53. The number of nitrogens with zero attached hydrogens (tertiary/aromatic N) is 3. The molecule has 170 valence electrons. The van der Waals surface area contributed by atoms with Gasteiger partial charge in [0.1, 0.15) is 5.75 Å². The number of likely N-dealkylation sites (tertiary alicyclic amines) is 1. The summed E-state index contributed by atoms with van der Waals surface area (Å²) in [6.45, 7) is 1.43. The van der Waals surface area contributed by atoms with E-state index in [0.29, 0.717) is 18.3 Å². The zero-order valence-corrected chi connectivity index (χ0v) is 18.8. The third-order valence-corrected chi connectivity index (χ3v) is 8.24. The molecule has 1 aliphatic heterocycles. The zero-order chi connectivity index (χ0) is 21.7. The minimum Gasteiger partial charge on any atom is -0.497 e. The van der Waals surface area contributed by atoms with Crippen molar-refractivity contribution in [1.29, 1.82) is 0 Å². The van der Waals surface area contributed by atoms with Crippen LogP contribution in [0.5, 0.6) is 5.75 Å². The molecule has 1 unspecified atom stereocenters. The third kappa shape index (κ3) is 3.65. The molecule has 7 heteroatoms. The van der Waals surface area contributed by atoms with Crippen molar-refractivity contribution < 1.29 is 14.1 Å². The van der Waals surface area contributed by atoms with Gasteiger partial charge in [-0.15, -0.1) is 0 Å². The molecule has 32 heavy (non-hydrogen) atoms. The lowest BCUT2D eigenvalue weighted by molar-refractivity contribution is -0.0161. The lowest BCUT2D eigenvalue weighted by Crippen LogP contribution is -2.62. The van der Waals surface area contributed by atoms with E-state index in [-0.39, 0.29) is 17.5 Å². The molecule has 1 saturated heterocycles. The van der Waals surface area contributed by atoms with Crippen LogP contribution in [0.3, 0.4) is 0 Å². The molecule has 0 radical (unpaired) electrons. The van der Waals surface area contributed by atoms with Crippen molar-refractivity contribution in [3.8, 4) is 17.1 Å². The molecule has 5 fully saturated rings. The Bertz CT molecular complexity index is 967. The molecule has 1 aromatic carbocycles. The number of nitrogens with one attached hydrogen (secondary N) is 1. The maximum atomic E-state index is 13.3. The van der Waals surface area contributed by atoms with Crippen molar-refractivity contribution >= 4 is 6.03 Å². The number of aromatic nitrogens is 2. The second kappa shape index (κ2) is 7.78. The molecular weight excluding hydrogens is 404 g/mol. The van der Waals surface area contributed by atoms with Crippen molar-refractivity contribution in [2.45, 2.75) is 62.8 Å². The van der Waals surface area contributed by atoms with Crippen LogP contribution in [0, 0.1) is 17.8 Å². The maximum absolute atomic E-state index is 13.3. The second-order valence-corrected chi connectivity index (χ2v) is 10.6. The van der Waals surface area contributed by atoms with Crippen LogP contribution in [0.1, 0.15) is 63.2 Å². The Morgan fingerprint density at radius 2 is 1.94 bits per heavy atom. The van der Waals surface area contributed by atoms with E-state index in [2.05, 4.69) is 15.5 Å². The van der Waals surface area contributed by atoms with Gasteiger partial charge < -0.3 is 19.5 Å². The quantitative estimate of drug-likeness (QED) is 0.757. The molecule has 2 amide bonds. The molecular formula is C25H32N4O3. The summed E-state index contributed by atoms with van der Waals surface area (Å²) in [5, 5.41) is 7.71. The summed E-state index contributed by atoms with van der Waals surface area (Å²) in [6, 6.07) is 7.77. The summed E-state index contributed by atoms with van der Waals surface area (Å²) in [6.07, 6.45) is 9.59. The van der Waals surface area contributed by atoms with Crippen molar-refractivity contribution in [2.24, 2.45) is 17.8 Å². The van der Waals surface area contributed by atoms with Crippen LogP contribution in [0.2, 0.25) is 0 Å². The van der Waals surface area contributed by atoms with Gasteiger partial charge in [0.2, 0.25) is 11.7 Å². The van der Waals surface area contributed by atoms with Crippen molar-refractivity contribution in [1.82, 2.24) is 20.4 Å². The molecule has 1 N–H and O–H groups in total. The molecule has 4 bridgehead atoms. The highest BCUT2D eigenvalue weighted by atomic mass is 16.5. The van der Waals surface area contributed by atoms with Gasteiger partial charge >= 0.3 is 6.03 Å². The number of ether oxygens (including phenoxy) is 1. The van der Waals surface area contributed by atoms with Gasteiger partial charge in [-0.1, -0.05) is 17.3 Å². The number of urea groups is 1. The molecule has 2 aromatic rings. The largest absolute Gasteiger partial charge is 0.497 e. The normalized spacial score (nSPS) is 33.3. The molecule has 7 rings (SSSR count). The summed E-state index contributed by atoms with van der Waals surface area (Å²) in [7, 11) is 1.64. The molecule has 2 heterocycles. The summed E-state index contributed by atoms with van der Waals surface area (Å²) < 4.78 is 10.9. The van der Waals surface area contributed by atoms with Crippen LogP contribution in [-0.4, -0.2) is 46.8 Å². The minimum absolute atomic E-state index is 0.0444. The predicted molar refractivity (Wildman–Crippen MR) is 119 cm³/mol. The Morgan fingerprint density at radius 1 is 1.19 bits per heavy atom. The van der Waals surface area contributed by atoms with Gasteiger partial charge in [-0.3, -0.25) is 0 Å². The van der Waals surface area contributed by atoms with E-state index in [4.69, 9.17) is 9.26 Å². The zero-order valence-electron chi connectivity index (χ0n) is 18.8. The van der Waals surface area contributed by atoms with E-state index in [1.807, 2.05) is 29.2 Å². The fraction of sp³-hybridized carbons (Fsp3) is 0.640. The van der Waals surface area contributed by atoms with E-state index in [1.165, 1.54) is 38.5 Å². The van der Waals surface area contributed by atoms with E-state index in [0.717, 1.165) is 48.5 Å². The van der Waals surface area contributed by atoms with Gasteiger partial charge in [-0.05, 0) is 81.3 Å². The first-order valence-electron chi connectivity index (χ1n) is 12.1. The molecule has 4 saturated carbocycles. The number of rotatable bonds is 4. The first kappa shape index (κ1) is 20.1. The van der Waals surface area contributed by atoms with Gasteiger partial charge in [0.15, 0.2) is 0 Å². The number of hydrogen-bond donors (Lipinski definition) is 1. The molecule has 7 nitrogen and oxygen atoms in total. The highest BCUT2D eigenvalue weighted by molar-refractivity contribution is 5.75. The topological polar surface area (TPSA) is 80.5 Å². The van der Waals surface area contributed by atoms with Crippen LogP contribution in [-0.2, 0) is 0 Å². The summed E-state index contributed by atoms with van der Waals surface area (Å²) in [5.41, 5.74) is 0.912. The number of amides is 2. The summed E-state index contributed by atoms with van der Waals surface area (Å²) >= 11 is 0. The minimum atomic E-state index is 0.0444. The average molecular weight is 437 g/mol. The number of carbonyl (C=O) groups excluding carboxylic acids is 1. The highest BCUT2D eigenvalue weighted by Gasteiger charge is 2.52. The third-order valence-electron chi connectivity index (χ3n) is 8.24. The Labute approximate surface area is 188 Å². The van der Waals surface area contributed by atoms with Gasteiger partial charge in [0, 0.05) is 24.2 Å². The first-order chi connectivity index (χ1) is 15.6. The number of piperidine rings is 1. The maximum Gasteiger partial charge on any atom is 0.317 e. The average Bonchev–Trinajstić information content (AvgIpc) is 3.28. The van der Waals surface area contributed by atoms with Crippen LogP contribution in [0.25, 0.3) is 11.4 Å². The van der Waals surface area contributed by atoms with E-state index in [9.17, 15) is 4.79 Å². The number of methoxy groups -OCH3 is 1. The summed E-state index contributed by atoms with van der Waals surface area (Å²) in [5.74, 6) is 4.50. The SMILES string of the molecule is COc1cccc(-c2noc(C3CCCN(C(=O)NC45CC6CC(CC(C6)C4)C5)C3)n2)c1. The van der Waals surface area contributed by atoms with Crippen molar-refractivity contribution in [3.05, 3.63) is 30.2 Å². The predicted octanol–water partition coefficient (Wildman–Crippen LogP) is 4.60. The number of hydrogen-bond acceptors (Lipinski definition) is 5. The fourth-order valence-corrected chi connectivity index (χ4v) is 7.21. The summed E-state index contributed by atoms with van der Waals surface area (Å²) in [4.78, 5) is 19.9. The van der Waals surface area contributed by atoms with Gasteiger partial charge in [-0.25, -0.2) is 4.79 Å². The lowest BCUT2D eigenvalue weighted by Gasteiger charge is -2.57. The number of benzene rings is 1. The van der Waals surface area contributed by atoms with Crippen LogP contribution < -0.4 is 10.1 Å². The van der Waals surface area contributed by atoms with E-state index in [1.54, 1.807) is 7.11 Å². The molecule has 5 aliphatic rings. The first-order valence-corrected chi connectivity index (χ1v) is 12.1. The van der Waals surface area contributed by atoms with Gasteiger partial charge in [0.05, 0.1) is 13.0 Å². The standard InChI is InChI=1S/C25H32N4O3/c1-31-21-6-2-4-19(11-21)22-26-23(32-28-22)20-5-3-7-29(15-20)24(30)27-25-12-16-8-17(13-25)10-18(9-16)14-25/h2,4,6,11,16-18,20H,3,5,7-10,12-15H2,1H3,(H,27,30). The second-order valence-electron chi connectivity index (χ2n) is 10.6. The van der Waals surface area contributed by atoms with Gasteiger partial charge in [-0.2, -0.15) is 4.98 Å². The Morgan fingerprint density at radius 3 is 2.66 bits per heavy atom. The van der Waals surface area contributed by atoms with Crippen molar-refractivity contribution in [3.63, 3.8) is 0 Å². The molecule has 0 spiro atoms. The highest BCUT2D eigenvalue weighted by Crippen LogP contribution is 2.55. The smallest absolute Gasteiger partial charge is 0.317 e.